The summed E-state index contributed by atoms with van der Waals surface area (Å²) in [4.78, 5) is 12.6. The molecule has 4 heteroatoms. The lowest BCUT2D eigenvalue weighted by Gasteiger charge is -2.35. The molecule has 1 atom stereocenters. The third kappa shape index (κ3) is 5.86. The van der Waals surface area contributed by atoms with Crippen LogP contribution in [-0.4, -0.2) is 27.3 Å². The van der Waals surface area contributed by atoms with Crippen molar-refractivity contribution in [2.75, 3.05) is 13.2 Å². The van der Waals surface area contributed by atoms with Crippen LogP contribution < -0.4 is 0 Å². The monoisotopic (exact) mass is 362 g/mol. The average molecular weight is 363 g/mol. The molecule has 0 amide bonds. The van der Waals surface area contributed by atoms with E-state index in [9.17, 15) is 4.79 Å². The van der Waals surface area contributed by atoms with Crippen molar-refractivity contribution < 1.29 is 14.0 Å². The third-order valence-corrected chi connectivity index (χ3v) is 9.96. The van der Waals surface area contributed by atoms with E-state index in [1.807, 2.05) is 13.0 Å². The maximum atomic E-state index is 12.6. The fourth-order valence-corrected chi connectivity index (χ4v) is 3.60. The summed E-state index contributed by atoms with van der Waals surface area (Å²) in [5.74, 6) is 3.57. The number of hydrogen-bond acceptors (Lipinski definition) is 3. The molecule has 3 nitrogen and oxygen atoms in total. The first-order valence-electron chi connectivity index (χ1n) is 9.18. The summed E-state index contributed by atoms with van der Waals surface area (Å²) in [5, 5.41) is 0.200. The lowest BCUT2D eigenvalue weighted by atomic mass is 9.71. The van der Waals surface area contributed by atoms with E-state index in [0.717, 1.165) is 18.6 Å². The van der Waals surface area contributed by atoms with Crippen LogP contribution in [0.25, 0.3) is 0 Å². The average Bonchev–Trinajstić information content (AvgIpc) is 2.50. The topological polar surface area (TPSA) is 35.5 Å². The highest BCUT2D eigenvalue weighted by molar-refractivity contribution is 6.74. The molecule has 0 aromatic carbocycles. The summed E-state index contributed by atoms with van der Waals surface area (Å²) in [5.41, 5.74) is -0.483. The molecular weight excluding hydrogens is 328 g/mol. The molecule has 1 unspecified atom stereocenters. The van der Waals surface area contributed by atoms with Crippen LogP contribution in [-0.2, 0) is 14.0 Å². The molecule has 0 aliphatic heterocycles. The van der Waals surface area contributed by atoms with Crippen molar-refractivity contribution in [2.24, 2.45) is 5.41 Å². The van der Waals surface area contributed by atoms with Gasteiger partial charge in [-0.3, -0.25) is 4.79 Å². The van der Waals surface area contributed by atoms with Crippen LogP contribution in [0.3, 0.4) is 0 Å². The van der Waals surface area contributed by atoms with Gasteiger partial charge in [-0.25, -0.2) is 0 Å². The zero-order valence-corrected chi connectivity index (χ0v) is 17.8. The Morgan fingerprint density at radius 1 is 1.36 bits per heavy atom. The molecule has 0 bridgehead atoms. The molecule has 0 N–H and O–H groups in total. The minimum absolute atomic E-state index is 0.0927. The van der Waals surface area contributed by atoms with Gasteiger partial charge in [-0.15, -0.1) is 12.3 Å². The summed E-state index contributed by atoms with van der Waals surface area (Å²) in [6.45, 7) is 14.3. The van der Waals surface area contributed by atoms with Gasteiger partial charge in [0, 0.05) is 24.3 Å². The molecule has 1 rings (SSSR count). The van der Waals surface area contributed by atoms with Crippen LogP contribution >= 0.6 is 0 Å². The largest absolute Gasteiger partial charge is 0.498 e. The quantitative estimate of drug-likeness (QED) is 0.336. The Labute approximate surface area is 155 Å². The Kier molecular flexibility index (Phi) is 7.71. The minimum atomic E-state index is -1.74. The van der Waals surface area contributed by atoms with Gasteiger partial charge in [-0.05, 0) is 37.9 Å². The van der Waals surface area contributed by atoms with E-state index in [-0.39, 0.29) is 10.8 Å². The molecule has 140 valence electrons. The SMILES string of the molecule is C#CCC1(C/C=C\CO[Si](C)(C)C(C)(C)C)CCC(OCC)=CC1=O. The molecule has 0 heterocycles. The Hall–Kier alpha value is -1.31. The zero-order chi connectivity index (χ0) is 19.1. The highest BCUT2D eigenvalue weighted by atomic mass is 28.4. The van der Waals surface area contributed by atoms with Gasteiger partial charge in [-0.1, -0.05) is 32.9 Å². The van der Waals surface area contributed by atoms with Crippen molar-refractivity contribution in [3.63, 3.8) is 0 Å². The number of ketones is 1. The summed E-state index contributed by atoms with van der Waals surface area (Å²) < 4.78 is 11.6. The fraction of sp³-hybridized carbons (Fsp3) is 0.667. The minimum Gasteiger partial charge on any atom is -0.498 e. The second kappa shape index (κ2) is 8.87. The Morgan fingerprint density at radius 3 is 2.56 bits per heavy atom. The van der Waals surface area contributed by atoms with Crippen molar-refractivity contribution in [1.82, 2.24) is 0 Å². The van der Waals surface area contributed by atoms with Crippen LogP contribution in [0.5, 0.6) is 0 Å². The van der Waals surface area contributed by atoms with Gasteiger partial charge in [0.15, 0.2) is 14.1 Å². The van der Waals surface area contributed by atoms with E-state index < -0.39 is 13.7 Å². The first kappa shape index (κ1) is 21.7. The van der Waals surface area contributed by atoms with Crippen LogP contribution in [0.4, 0.5) is 0 Å². The van der Waals surface area contributed by atoms with Crippen molar-refractivity contribution in [3.05, 3.63) is 24.0 Å². The second-order valence-electron chi connectivity index (χ2n) is 8.32. The molecule has 0 aromatic heterocycles. The number of carbonyl (C=O) groups excluding carboxylic acids is 1. The lowest BCUT2D eigenvalue weighted by Crippen LogP contribution is -2.40. The van der Waals surface area contributed by atoms with Gasteiger partial charge in [0.1, 0.15) is 0 Å². The number of terminal acetylenes is 1. The standard InChI is InChI=1S/C21H34O3Si/c1-8-13-21(15-12-18(23-9-2)17-19(21)22)14-10-11-16-24-25(6,7)20(3,4)5/h1,10-11,17H,9,12-16H2,2-7H3/b11-10-. The molecule has 0 fully saturated rings. The van der Waals surface area contributed by atoms with Crippen LogP contribution in [0.2, 0.25) is 18.1 Å². The summed E-state index contributed by atoms with van der Waals surface area (Å²) in [6.07, 6.45) is 13.9. The van der Waals surface area contributed by atoms with Gasteiger partial charge >= 0.3 is 0 Å². The van der Waals surface area contributed by atoms with Crippen molar-refractivity contribution in [1.29, 1.82) is 0 Å². The van der Waals surface area contributed by atoms with E-state index in [1.54, 1.807) is 6.08 Å². The maximum absolute atomic E-state index is 12.6. The molecule has 0 spiro atoms. The van der Waals surface area contributed by atoms with Gasteiger partial charge in [0.25, 0.3) is 0 Å². The van der Waals surface area contributed by atoms with Gasteiger partial charge in [0.2, 0.25) is 0 Å². The van der Waals surface area contributed by atoms with Crippen LogP contribution in [0, 0.1) is 17.8 Å². The maximum Gasteiger partial charge on any atom is 0.192 e. The number of allylic oxidation sites excluding steroid dienone is 3. The third-order valence-electron chi connectivity index (χ3n) is 5.46. The van der Waals surface area contributed by atoms with Gasteiger partial charge < -0.3 is 9.16 Å². The predicted molar refractivity (Wildman–Crippen MR) is 107 cm³/mol. The summed E-state index contributed by atoms with van der Waals surface area (Å²) >= 11 is 0. The van der Waals surface area contributed by atoms with Crippen LogP contribution in [0.1, 0.15) is 53.4 Å². The first-order chi connectivity index (χ1) is 11.6. The molecular formula is C21H34O3Si. The predicted octanol–water partition coefficient (Wildman–Crippen LogP) is 5.25. The van der Waals surface area contributed by atoms with E-state index in [2.05, 4.69) is 45.9 Å². The Morgan fingerprint density at radius 2 is 2.04 bits per heavy atom. The van der Waals surface area contributed by atoms with Crippen molar-refractivity contribution in [3.8, 4) is 12.3 Å². The smallest absolute Gasteiger partial charge is 0.192 e. The van der Waals surface area contributed by atoms with Crippen molar-refractivity contribution in [2.45, 2.75) is 71.5 Å². The molecule has 0 saturated carbocycles. The second-order valence-corrected chi connectivity index (χ2v) is 13.1. The Bertz CT molecular complexity index is 561. The summed E-state index contributed by atoms with van der Waals surface area (Å²) in [6, 6.07) is 0. The molecule has 1 aliphatic rings. The van der Waals surface area contributed by atoms with Crippen molar-refractivity contribution >= 4 is 14.1 Å². The van der Waals surface area contributed by atoms with E-state index in [4.69, 9.17) is 15.6 Å². The summed E-state index contributed by atoms with van der Waals surface area (Å²) in [7, 11) is -1.74. The van der Waals surface area contributed by atoms with Gasteiger partial charge in [0.05, 0.1) is 19.0 Å². The highest BCUT2D eigenvalue weighted by Gasteiger charge is 2.39. The highest BCUT2D eigenvalue weighted by Crippen LogP contribution is 2.40. The van der Waals surface area contributed by atoms with E-state index >= 15 is 0 Å². The number of rotatable bonds is 8. The molecule has 0 radical (unpaired) electrons. The van der Waals surface area contributed by atoms with E-state index in [0.29, 0.717) is 26.1 Å². The Balaban J connectivity index is 2.69. The number of carbonyl (C=O) groups is 1. The van der Waals surface area contributed by atoms with E-state index in [1.165, 1.54) is 0 Å². The first-order valence-corrected chi connectivity index (χ1v) is 12.1. The number of ether oxygens (including phenoxy) is 1. The lowest BCUT2D eigenvalue weighted by molar-refractivity contribution is -0.125. The number of hydrogen-bond donors (Lipinski definition) is 0. The molecule has 0 saturated heterocycles. The normalized spacial score (nSPS) is 22.0. The van der Waals surface area contributed by atoms with Gasteiger partial charge in [-0.2, -0.15) is 0 Å². The molecule has 0 aromatic rings. The fourth-order valence-electron chi connectivity index (χ4n) is 2.65. The van der Waals surface area contributed by atoms with Crippen LogP contribution in [0.15, 0.2) is 24.0 Å². The molecule has 25 heavy (non-hydrogen) atoms. The zero-order valence-electron chi connectivity index (χ0n) is 16.8. The molecule has 1 aliphatic carbocycles.